The van der Waals surface area contributed by atoms with E-state index in [0.29, 0.717) is 0 Å². The zero-order valence-electron chi connectivity index (χ0n) is 2.51. The molecule has 0 heterocycles. The van der Waals surface area contributed by atoms with Crippen molar-refractivity contribution in [2.45, 2.75) is 0 Å². The summed E-state index contributed by atoms with van der Waals surface area (Å²) in [5.74, 6) is 0. The summed E-state index contributed by atoms with van der Waals surface area (Å²) in [6, 6.07) is 0. The predicted octanol–water partition coefficient (Wildman–Crippen LogP) is 3.77. The van der Waals surface area contributed by atoms with Crippen molar-refractivity contribution in [1.82, 2.24) is 0 Å². The van der Waals surface area contributed by atoms with Crippen molar-refractivity contribution in [2.24, 2.45) is 0 Å². The van der Waals surface area contributed by atoms with Crippen LogP contribution in [0.3, 0.4) is 0 Å². The molecule has 0 amide bonds. The van der Waals surface area contributed by atoms with Gasteiger partial charge in [0.2, 0.25) is 0 Å². The van der Waals surface area contributed by atoms with Gasteiger partial charge in [-0.1, -0.05) is 0 Å². The largest absolute Gasteiger partial charge is 0.0762 e. The molecular formula is C2Br2I2. The first-order valence-corrected chi connectivity index (χ1v) is 4.75. The third-order valence-corrected chi connectivity index (χ3v) is 5.06. The van der Waals surface area contributed by atoms with Crippen molar-refractivity contribution in [1.29, 1.82) is 0 Å². The van der Waals surface area contributed by atoms with Gasteiger partial charge in [-0.15, -0.1) is 0 Å². The summed E-state index contributed by atoms with van der Waals surface area (Å²) in [6.07, 6.45) is 0. The van der Waals surface area contributed by atoms with Crippen LogP contribution in [-0.4, -0.2) is 0 Å². The molecule has 0 aromatic heterocycles. The van der Waals surface area contributed by atoms with Crippen LogP contribution in [0, 0.1) is 0 Å². The van der Waals surface area contributed by atoms with Crippen LogP contribution in [0.1, 0.15) is 0 Å². The van der Waals surface area contributed by atoms with Crippen molar-refractivity contribution < 1.29 is 0 Å². The first kappa shape index (κ1) is 8.16. The third-order valence-electron chi connectivity index (χ3n) is 0.143. The lowest BCUT2D eigenvalue weighted by Crippen LogP contribution is -1.42. The average molecular weight is 438 g/mol. The van der Waals surface area contributed by atoms with E-state index in [2.05, 4.69) is 77.0 Å². The van der Waals surface area contributed by atoms with E-state index in [0.717, 1.165) is 4.98 Å². The second-order valence-corrected chi connectivity index (χ2v) is 7.23. The minimum atomic E-state index is 1.11. The fraction of sp³-hybridized carbons (Fsp3) is 0. The molecule has 6 heavy (non-hydrogen) atoms. The molecule has 0 aliphatic heterocycles. The van der Waals surface area contributed by atoms with Gasteiger partial charge in [0.15, 0.2) is 0 Å². The molecule has 0 atom stereocenters. The summed E-state index contributed by atoms with van der Waals surface area (Å²) < 4.78 is 2.22. The van der Waals surface area contributed by atoms with Gasteiger partial charge < -0.3 is 0 Å². The lowest BCUT2D eigenvalue weighted by Gasteiger charge is -1.78. The molecule has 0 aliphatic carbocycles. The Morgan fingerprint density at radius 3 is 1.17 bits per heavy atom. The molecule has 36 valence electrons. The quantitative estimate of drug-likeness (QED) is 0.506. The Bertz CT molecular complexity index is 59.6. The Morgan fingerprint density at radius 1 is 1.00 bits per heavy atom. The monoisotopic (exact) mass is 436 g/mol. The lowest BCUT2D eigenvalue weighted by atomic mass is 11.3. The first-order valence-electron chi connectivity index (χ1n) is 1.01. The first-order chi connectivity index (χ1) is 2.64. The summed E-state index contributed by atoms with van der Waals surface area (Å²) in [5, 5.41) is 0. The number of hydrogen-bond donors (Lipinski definition) is 0. The fourth-order valence-electron chi connectivity index (χ4n) is 0. The van der Waals surface area contributed by atoms with E-state index >= 15 is 0 Å². The van der Waals surface area contributed by atoms with Crippen LogP contribution in [0.2, 0.25) is 0 Å². The van der Waals surface area contributed by atoms with E-state index in [1.807, 2.05) is 0 Å². The SMILES string of the molecule is Br/C(I)=C(/Br)I. The Hall–Kier alpha value is 2.16. The maximum absolute atomic E-state index is 3.25. The van der Waals surface area contributed by atoms with Gasteiger partial charge in [-0.2, -0.15) is 0 Å². The van der Waals surface area contributed by atoms with Gasteiger partial charge in [-0.3, -0.25) is 0 Å². The van der Waals surface area contributed by atoms with E-state index in [1.165, 1.54) is 0 Å². The van der Waals surface area contributed by atoms with Crippen LogP contribution in [0.4, 0.5) is 0 Å². The summed E-state index contributed by atoms with van der Waals surface area (Å²) >= 11 is 10.8. The molecule has 0 rings (SSSR count). The minimum Gasteiger partial charge on any atom is -0.0419 e. The van der Waals surface area contributed by atoms with Gasteiger partial charge in [-0.05, 0) is 77.0 Å². The summed E-state index contributed by atoms with van der Waals surface area (Å²) in [6.45, 7) is 0. The Balaban J connectivity index is 3.68. The Kier molecular flexibility index (Phi) is 5.55. The Labute approximate surface area is 80.7 Å². The highest BCUT2D eigenvalue weighted by atomic mass is 127. The van der Waals surface area contributed by atoms with Gasteiger partial charge >= 0.3 is 0 Å². The molecule has 0 unspecified atom stereocenters. The molecule has 0 N–H and O–H groups in total. The fourth-order valence-corrected chi connectivity index (χ4v) is 0. The minimum absolute atomic E-state index is 1.11. The number of halogens is 4. The van der Waals surface area contributed by atoms with Crippen molar-refractivity contribution >= 4 is 77.0 Å². The smallest absolute Gasteiger partial charge is 0.0419 e. The molecule has 0 bridgehead atoms. The van der Waals surface area contributed by atoms with E-state index in [1.54, 1.807) is 0 Å². The van der Waals surface area contributed by atoms with Gasteiger partial charge in [0.25, 0.3) is 0 Å². The topological polar surface area (TPSA) is 0 Å². The van der Waals surface area contributed by atoms with Crippen molar-refractivity contribution in [2.75, 3.05) is 0 Å². The molecule has 0 nitrogen and oxygen atoms in total. The third kappa shape index (κ3) is 4.32. The summed E-state index contributed by atoms with van der Waals surface area (Å²) in [5.41, 5.74) is 0. The van der Waals surface area contributed by atoms with Crippen molar-refractivity contribution in [3.63, 3.8) is 0 Å². The van der Waals surface area contributed by atoms with Gasteiger partial charge in [-0.25, -0.2) is 0 Å². The van der Waals surface area contributed by atoms with Crippen LogP contribution in [-0.2, 0) is 0 Å². The Morgan fingerprint density at radius 2 is 1.17 bits per heavy atom. The van der Waals surface area contributed by atoms with Crippen LogP contribution in [0.25, 0.3) is 0 Å². The highest BCUT2D eigenvalue weighted by Crippen LogP contribution is 2.28. The molecule has 0 spiro atoms. The van der Waals surface area contributed by atoms with Crippen LogP contribution in [0.5, 0.6) is 0 Å². The molecule has 0 aliphatic rings. The standard InChI is InChI=1S/C2Br2I2/c3-1(5)2(4)6/b2-1+. The summed E-state index contributed by atoms with van der Waals surface area (Å²) in [7, 11) is 0. The molecule has 0 saturated carbocycles. The average Bonchev–Trinajstić information content (AvgIpc) is 1.36. The van der Waals surface area contributed by atoms with E-state index in [-0.39, 0.29) is 0 Å². The molecule has 0 fully saturated rings. The van der Waals surface area contributed by atoms with E-state index in [9.17, 15) is 0 Å². The highest BCUT2D eigenvalue weighted by molar-refractivity contribution is 14.1. The summed E-state index contributed by atoms with van der Waals surface area (Å²) in [4.78, 5) is 0. The molecule has 0 saturated heterocycles. The van der Waals surface area contributed by atoms with Crippen molar-refractivity contribution in [3.8, 4) is 0 Å². The van der Waals surface area contributed by atoms with Gasteiger partial charge in [0, 0.05) is 0 Å². The highest BCUT2D eigenvalue weighted by Gasteiger charge is 1.85. The van der Waals surface area contributed by atoms with E-state index < -0.39 is 0 Å². The van der Waals surface area contributed by atoms with Crippen molar-refractivity contribution in [3.05, 3.63) is 4.98 Å². The second-order valence-electron chi connectivity index (χ2n) is 0.521. The maximum atomic E-state index is 3.25. The maximum Gasteiger partial charge on any atom is 0.0762 e. The van der Waals surface area contributed by atoms with Crippen LogP contribution < -0.4 is 0 Å². The van der Waals surface area contributed by atoms with Crippen LogP contribution >= 0.6 is 77.0 Å². The molecule has 0 aromatic rings. The van der Waals surface area contributed by atoms with E-state index in [4.69, 9.17) is 0 Å². The zero-order chi connectivity index (χ0) is 5.15. The molecule has 4 heteroatoms. The number of hydrogen-bond acceptors (Lipinski definition) is 0. The van der Waals surface area contributed by atoms with Crippen LogP contribution in [0.15, 0.2) is 4.98 Å². The number of rotatable bonds is 0. The zero-order valence-corrected chi connectivity index (χ0v) is 10.00. The normalized spacial score (nSPS) is 14.0. The predicted molar refractivity (Wildman–Crippen MR) is 52.9 cm³/mol. The second kappa shape index (κ2) is 4.08. The lowest BCUT2D eigenvalue weighted by molar-refractivity contribution is 2.56. The van der Waals surface area contributed by atoms with Gasteiger partial charge in [0.1, 0.15) is 0 Å². The molecule has 0 aromatic carbocycles. The van der Waals surface area contributed by atoms with Gasteiger partial charge in [0.05, 0.1) is 4.98 Å². The molecule has 0 radical (unpaired) electrons. The molecular weight excluding hydrogens is 438 g/mol.